The molecular formula is C48H28N4S. The van der Waals surface area contributed by atoms with Crippen molar-refractivity contribution >= 4 is 96.8 Å². The summed E-state index contributed by atoms with van der Waals surface area (Å²) in [6, 6.07) is 61.2. The molecule has 12 rings (SSSR count). The molecule has 0 spiro atoms. The Bertz CT molecular complexity index is 3420. The van der Waals surface area contributed by atoms with E-state index in [1.807, 2.05) is 11.3 Å². The van der Waals surface area contributed by atoms with Crippen LogP contribution in [0.2, 0.25) is 0 Å². The fraction of sp³-hybridized carbons (Fsp3) is 0. The Hall–Kier alpha value is -6.82. The van der Waals surface area contributed by atoms with Gasteiger partial charge in [-0.3, -0.25) is 4.57 Å². The summed E-state index contributed by atoms with van der Waals surface area (Å²) in [6.45, 7) is 0. The van der Waals surface area contributed by atoms with Crippen molar-refractivity contribution in [3.63, 3.8) is 0 Å². The van der Waals surface area contributed by atoms with Crippen molar-refractivity contribution in [3.05, 3.63) is 170 Å². The highest BCUT2D eigenvalue weighted by Gasteiger charge is 2.22. The first-order chi connectivity index (χ1) is 26.3. The van der Waals surface area contributed by atoms with Gasteiger partial charge in [0.1, 0.15) is 0 Å². The standard InChI is InChI=1S/C48H28N4S/c1-2-13-30-27-43-37(26-29(30)12-1)46-41(51-39-19-8-4-14-32(39)33-15-5-9-20-40(33)51)21-11-22-42(46)52(43)48-49-38-18-7-3-17-36(38)47(50-48)31-24-25-35-34-16-6-10-23-44(34)53-45(35)28-31/h1-28H. The molecule has 0 aliphatic rings. The molecule has 4 heterocycles. The number of rotatable bonds is 3. The lowest BCUT2D eigenvalue weighted by Crippen LogP contribution is -2.03. The highest BCUT2D eigenvalue weighted by Crippen LogP contribution is 2.42. The number of aromatic nitrogens is 4. The van der Waals surface area contributed by atoms with Crippen LogP contribution in [0.5, 0.6) is 0 Å². The van der Waals surface area contributed by atoms with E-state index in [4.69, 9.17) is 9.97 Å². The molecule has 5 heteroatoms. The third kappa shape index (κ3) is 4.11. The van der Waals surface area contributed by atoms with E-state index in [0.717, 1.165) is 38.9 Å². The van der Waals surface area contributed by atoms with Gasteiger partial charge in [0.05, 0.1) is 39.0 Å². The molecule has 0 bridgehead atoms. The summed E-state index contributed by atoms with van der Waals surface area (Å²) < 4.78 is 7.26. The SMILES string of the molecule is c1ccc2cc3c(cc2c1)c1c(-n2c4ccccc4c4ccccc42)cccc1n3-c1nc(-c2ccc3c(c2)sc2ccccc23)c2ccccc2n1. The minimum Gasteiger partial charge on any atom is -0.309 e. The first kappa shape index (κ1) is 28.8. The van der Waals surface area contributed by atoms with Crippen molar-refractivity contribution in [2.75, 3.05) is 0 Å². The molecule has 0 unspecified atom stereocenters. The number of hydrogen-bond donors (Lipinski definition) is 0. The maximum atomic E-state index is 5.50. The first-order valence-electron chi connectivity index (χ1n) is 17.9. The zero-order valence-electron chi connectivity index (χ0n) is 28.4. The van der Waals surface area contributed by atoms with Gasteiger partial charge in [0.25, 0.3) is 0 Å². The topological polar surface area (TPSA) is 35.6 Å². The molecular weight excluding hydrogens is 665 g/mol. The summed E-state index contributed by atoms with van der Waals surface area (Å²) in [5, 5.41) is 10.8. The van der Waals surface area contributed by atoms with Crippen LogP contribution in [0.4, 0.5) is 0 Å². The minimum absolute atomic E-state index is 0.657. The molecule has 0 aliphatic carbocycles. The third-order valence-electron chi connectivity index (χ3n) is 10.9. The molecule has 4 aromatic heterocycles. The van der Waals surface area contributed by atoms with Gasteiger partial charge in [-0.25, -0.2) is 9.97 Å². The van der Waals surface area contributed by atoms with Gasteiger partial charge in [-0.15, -0.1) is 11.3 Å². The average molecular weight is 693 g/mol. The molecule has 0 fully saturated rings. The Kier molecular flexibility index (Phi) is 5.90. The maximum absolute atomic E-state index is 5.50. The van der Waals surface area contributed by atoms with Crippen molar-refractivity contribution < 1.29 is 0 Å². The van der Waals surface area contributed by atoms with E-state index in [9.17, 15) is 0 Å². The summed E-state index contributed by atoms with van der Waals surface area (Å²) in [6.07, 6.45) is 0. The van der Waals surface area contributed by atoms with Gasteiger partial charge in [0.15, 0.2) is 0 Å². The number of nitrogens with zero attached hydrogens (tertiary/aromatic N) is 4. The lowest BCUT2D eigenvalue weighted by Gasteiger charge is -2.13. The smallest absolute Gasteiger partial charge is 0.235 e. The van der Waals surface area contributed by atoms with E-state index in [0.29, 0.717) is 5.95 Å². The fourth-order valence-corrected chi connectivity index (χ4v) is 9.72. The molecule has 0 saturated carbocycles. The quantitative estimate of drug-likeness (QED) is 0.185. The van der Waals surface area contributed by atoms with Gasteiger partial charge in [0.2, 0.25) is 5.95 Å². The highest BCUT2D eigenvalue weighted by atomic mass is 32.1. The van der Waals surface area contributed by atoms with Crippen LogP contribution < -0.4 is 0 Å². The lowest BCUT2D eigenvalue weighted by atomic mass is 10.0. The second-order valence-corrected chi connectivity index (χ2v) is 14.9. The van der Waals surface area contributed by atoms with E-state index in [-0.39, 0.29) is 0 Å². The molecule has 8 aromatic carbocycles. The van der Waals surface area contributed by atoms with Crippen LogP contribution in [0.15, 0.2) is 170 Å². The van der Waals surface area contributed by atoms with Crippen LogP contribution in [-0.4, -0.2) is 19.1 Å². The molecule has 0 radical (unpaired) electrons. The lowest BCUT2D eigenvalue weighted by molar-refractivity contribution is 1.01. The van der Waals surface area contributed by atoms with E-state index in [1.54, 1.807) is 0 Å². The fourth-order valence-electron chi connectivity index (χ4n) is 8.58. The van der Waals surface area contributed by atoms with Crippen molar-refractivity contribution in [2.24, 2.45) is 0 Å². The van der Waals surface area contributed by atoms with Gasteiger partial charge in [-0.1, -0.05) is 115 Å². The third-order valence-corrected chi connectivity index (χ3v) is 12.0. The molecule has 0 atom stereocenters. The monoisotopic (exact) mass is 692 g/mol. The average Bonchev–Trinajstić information content (AvgIpc) is 3.86. The van der Waals surface area contributed by atoms with Crippen LogP contribution >= 0.6 is 11.3 Å². The van der Waals surface area contributed by atoms with Crippen LogP contribution in [-0.2, 0) is 0 Å². The summed E-state index contributed by atoms with van der Waals surface area (Å²) in [7, 11) is 0. The zero-order chi connectivity index (χ0) is 34.6. The first-order valence-corrected chi connectivity index (χ1v) is 18.7. The second-order valence-electron chi connectivity index (χ2n) is 13.8. The Morgan fingerprint density at radius 3 is 1.85 bits per heavy atom. The largest absolute Gasteiger partial charge is 0.309 e. The molecule has 4 nitrogen and oxygen atoms in total. The van der Waals surface area contributed by atoms with Crippen LogP contribution in [0.1, 0.15) is 0 Å². The highest BCUT2D eigenvalue weighted by molar-refractivity contribution is 7.25. The molecule has 12 aromatic rings. The molecule has 0 saturated heterocycles. The van der Waals surface area contributed by atoms with Crippen LogP contribution in [0, 0.1) is 0 Å². The van der Waals surface area contributed by atoms with Gasteiger partial charge in [-0.05, 0) is 65.4 Å². The minimum atomic E-state index is 0.657. The Morgan fingerprint density at radius 2 is 1.04 bits per heavy atom. The molecule has 0 amide bonds. The van der Waals surface area contributed by atoms with Gasteiger partial charge >= 0.3 is 0 Å². The van der Waals surface area contributed by atoms with Gasteiger partial charge < -0.3 is 4.57 Å². The summed E-state index contributed by atoms with van der Waals surface area (Å²) >= 11 is 1.83. The number of fused-ring (bicyclic) bond motifs is 11. The predicted octanol–water partition coefficient (Wildman–Crippen LogP) is 13.0. The van der Waals surface area contributed by atoms with Crippen molar-refractivity contribution in [2.45, 2.75) is 0 Å². The molecule has 0 aliphatic heterocycles. The molecule has 53 heavy (non-hydrogen) atoms. The normalized spacial score (nSPS) is 12.2. The Morgan fingerprint density at radius 1 is 0.396 bits per heavy atom. The summed E-state index contributed by atoms with van der Waals surface area (Å²) in [4.78, 5) is 10.8. The Labute approximate surface area is 307 Å². The number of hydrogen-bond acceptors (Lipinski definition) is 3. The van der Waals surface area contributed by atoms with Crippen LogP contribution in [0.3, 0.4) is 0 Å². The number of benzene rings is 8. The number of para-hydroxylation sites is 3. The van der Waals surface area contributed by atoms with Gasteiger partial charge in [-0.2, -0.15) is 0 Å². The number of thiophene rings is 1. The van der Waals surface area contributed by atoms with E-state index in [1.165, 1.54) is 63.5 Å². The summed E-state index contributed by atoms with van der Waals surface area (Å²) in [5.74, 6) is 0.657. The van der Waals surface area contributed by atoms with Gasteiger partial charge in [0, 0.05) is 52.7 Å². The van der Waals surface area contributed by atoms with E-state index < -0.39 is 0 Å². The summed E-state index contributed by atoms with van der Waals surface area (Å²) in [5.41, 5.74) is 8.57. The molecule has 0 N–H and O–H groups in total. The van der Waals surface area contributed by atoms with Crippen molar-refractivity contribution in [3.8, 4) is 22.9 Å². The zero-order valence-corrected chi connectivity index (χ0v) is 29.2. The van der Waals surface area contributed by atoms with Crippen molar-refractivity contribution in [1.29, 1.82) is 0 Å². The Balaban J connectivity index is 1.19. The molecule has 246 valence electrons. The van der Waals surface area contributed by atoms with Crippen LogP contribution in [0.25, 0.3) is 108 Å². The maximum Gasteiger partial charge on any atom is 0.235 e. The van der Waals surface area contributed by atoms with E-state index in [2.05, 4.69) is 179 Å². The predicted molar refractivity (Wildman–Crippen MR) is 224 cm³/mol. The second kappa shape index (κ2) is 10.8. The van der Waals surface area contributed by atoms with Crippen molar-refractivity contribution in [1.82, 2.24) is 19.1 Å². The van der Waals surface area contributed by atoms with E-state index >= 15 is 0 Å².